The van der Waals surface area contributed by atoms with Gasteiger partial charge in [0, 0.05) is 17.0 Å². The van der Waals surface area contributed by atoms with E-state index in [4.69, 9.17) is 0 Å². The second-order valence-corrected chi connectivity index (χ2v) is 10.00. The minimum Gasteiger partial charge on any atom is -0.270 e. The van der Waals surface area contributed by atoms with Gasteiger partial charge in [-0.2, -0.15) is 0 Å². The van der Waals surface area contributed by atoms with Crippen molar-refractivity contribution >= 4 is 21.6 Å². The van der Waals surface area contributed by atoms with Gasteiger partial charge in [-0.3, -0.25) is 4.57 Å². The first-order chi connectivity index (χ1) is 14.5. The van der Waals surface area contributed by atoms with Gasteiger partial charge >= 0.3 is 0 Å². The van der Waals surface area contributed by atoms with Crippen LogP contribution in [0.1, 0.15) is 5.56 Å². The number of aromatic nitrogens is 3. The second-order valence-electron chi connectivity index (χ2n) is 6.83. The lowest BCUT2D eigenvalue weighted by molar-refractivity contribution is 0.597. The molecule has 1 aromatic heterocycles. The van der Waals surface area contributed by atoms with Crippen LogP contribution in [0.2, 0.25) is 0 Å². The molecule has 0 N–H and O–H groups in total. The predicted molar refractivity (Wildman–Crippen MR) is 121 cm³/mol. The van der Waals surface area contributed by atoms with Gasteiger partial charge in [0.05, 0.1) is 10.6 Å². The molecule has 0 bridgehead atoms. The Kier molecular flexibility index (Phi) is 6.01. The molecule has 30 heavy (non-hydrogen) atoms. The Balaban J connectivity index is 1.62. The molecular formula is C23H21N3O2S2. The fourth-order valence-corrected chi connectivity index (χ4v) is 5.75. The SMILES string of the molecule is Cc1cccc(-c2nnc(SCCS(=O)(=O)c3ccccc3)n2-c2ccccc2)c1. The van der Waals surface area contributed by atoms with Crippen molar-refractivity contribution in [1.82, 2.24) is 14.8 Å². The van der Waals surface area contributed by atoms with Gasteiger partial charge in [0.2, 0.25) is 0 Å². The van der Waals surface area contributed by atoms with E-state index in [0.29, 0.717) is 15.8 Å². The molecule has 0 saturated carbocycles. The monoisotopic (exact) mass is 435 g/mol. The summed E-state index contributed by atoms with van der Waals surface area (Å²) in [4.78, 5) is 0.343. The third kappa shape index (κ3) is 4.47. The van der Waals surface area contributed by atoms with Crippen molar-refractivity contribution in [2.75, 3.05) is 11.5 Å². The van der Waals surface area contributed by atoms with Crippen LogP contribution in [0.15, 0.2) is 95.0 Å². The highest BCUT2D eigenvalue weighted by molar-refractivity contribution is 8.00. The smallest absolute Gasteiger partial charge is 0.196 e. The zero-order valence-electron chi connectivity index (χ0n) is 16.5. The topological polar surface area (TPSA) is 64.8 Å². The normalized spacial score (nSPS) is 11.5. The van der Waals surface area contributed by atoms with E-state index in [-0.39, 0.29) is 5.75 Å². The number of rotatable bonds is 7. The van der Waals surface area contributed by atoms with Crippen molar-refractivity contribution in [1.29, 1.82) is 0 Å². The number of thioether (sulfide) groups is 1. The van der Waals surface area contributed by atoms with E-state index in [1.807, 2.05) is 66.1 Å². The molecule has 0 spiro atoms. The lowest BCUT2D eigenvalue weighted by Crippen LogP contribution is -2.09. The Morgan fingerprint density at radius 2 is 1.57 bits per heavy atom. The van der Waals surface area contributed by atoms with Crippen molar-refractivity contribution in [3.05, 3.63) is 90.5 Å². The summed E-state index contributed by atoms with van der Waals surface area (Å²) in [6.07, 6.45) is 0. The summed E-state index contributed by atoms with van der Waals surface area (Å²) in [5.41, 5.74) is 3.04. The predicted octanol–water partition coefficient (Wildman–Crippen LogP) is 4.81. The molecule has 0 radical (unpaired) electrons. The second kappa shape index (κ2) is 8.85. The van der Waals surface area contributed by atoms with Crippen molar-refractivity contribution in [2.45, 2.75) is 17.0 Å². The Morgan fingerprint density at radius 3 is 2.27 bits per heavy atom. The van der Waals surface area contributed by atoms with Crippen LogP contribution in [0.4, 0.5) is 0 Å². The molecule has 3 aromatic carbocycles. The number of para-hydroxylation sites is 1. The highest BCUT2D eigenvalue weighted by Gasteiger charge is 2.18. The maximum atomic E-state index is 12.6. The first-order valence-corrected chi connectivity index (χ1v) is 12.2. The highest BCUT2D eigenvalue weighted by atomic mass is 32.2. The van der Waals surface area contributed by atoms with Crippen molar-refractivity contribution in [3.8, 4) is 17.1 Å². The van der Waals surface area contributed by atoms with E-state index in [9.17, 15) is 8.42 Å². The largest absolute Gasteiger partial charge is 0.270 e. The summed E-state index contributed by atoms with van der Waals surface area (Å²) in [5.74, 6) is 1.15. The number of hydrogen-bond donors (Lipinski definition) is 0. The molecule has 4 aromatic rings. The molecule has 0 aliphatic carbocycles. The summed E-state index contributed by atoms with van der Waals surface area (Å²) < 4.78 is 27.2. The number of nitrogens with zero attached hydrogens (tertiary/aromatic N) is 3. The van der Waals surface area contributed by atoms with Gasteiger partial charge in [0.25, 0.3) is 0 Å². The maximum absolute atomic E-state index is 12.6. The molecular weight excluding hydrogens is 414 g/mol. The molecule has 4 rings (SSSR count). The first kappa shape index (κ1) is 20.4. The van der Waals surface area contributed by atoms with Crippen LogP contribution >= 0.6 is 11.8 Å². The van der Waals surface area contributed by atoms with E-state index in [0.717, 1.165) is 22.6 Å². The average molecular weight is 436 g/mol. The molecule has 152 valence electrons. The molecule has 0 saturated heterocycles. The Bertz CT molecular complexity index is 1240. The molecule has 0 amide bonds. The zero-order valence-corrected chi connectivity index (χ0v) is 18.1. The van der Waals surface area contributed by atoms with Gasteiger partial charge in [-0.25, -0.2) is 8.42 Å². The van der Waals surface area contributed by atoms with E-state index >= 15 is 0 Å². The summed E-state index contributed by atoms with van der Waals surface area (Å²) in [6, 6.07) is 26.5. The summed E-state index contributed by atoms with van der Waals surface area (Å²) >= 11 is 1.39. The summed E-state index contributed by atoms with van der Waals surface area (Å²) in [6.45, 7) is 2.04. The van der Waals surface area contributed by atoms with Crippen LogP contribution in [0.3, 0.4) is 0 Å². The Morgan fingerprint density at radius 1 is 0.867 bits per heavy atom. The molecule has 1 heterocycles. The summed E-state index contributed by atoms with van der Waals surface area (Å²) in [7, 11) is -3.34. The van der Waals surface area contributed by atoms with Gasteiger partial charge in [-0.1, -0.05) is 71.9 Å². The van der Waals surface area contributed by atoms with Crippen molar-refractivity contribution in [2.24, 2.45) is 0 Å². The summed E-state index contributed by atoms with van der Waals surface area (Å²) in [5, 5.41) is 9.46. The fourth-order valence-electron chi connectivity index (χ4n) is 3.13. The van der Waals surface area contributed by atoms with E-state index in [2.05, 4.69) is 16.3 Å². The number of aryl methyl sites for hydroxylation is 1. The molecule has 0 aliphatic rings. The molecule has 0 aliphatic heterocycles. The van der Waals surface area contributed by atoms with Gasteiger partial charge in [-0.05, 0) is 37.3 Å². The van der Waals surface area contributed by atoms with Crippen LogP contribution in [0.5, 0.6) is 0 Å². The minimum atomic E-state index is -3.34. The third-order valence-electron chi connectivity index (χ3n) is 4.61. The minimum absolute atomic E-state index is 0.0309. The number of benzene rings is 3. The van der Waals surface area contributed by atoms with Crippen LogP contribution in [-0.2, 0) is 9.84 Å². The molecule has 7 heteroatoms. The van der Waals surface area contributed by atoms with Crippen LogP contribution < -0.4 is 0 Å². The zero-order chi connectivity index (χ0) is 21.0. The lowest BCUT2D eigenvalue weighted by atomic mass is 10.1. The lowest BCUT2D eigenvalue weighted by Gasteiger charge is -2.11. The molecule has 0 unspecified atom stereocenters. The Labute approximate surface area is 180 Å². The standard InChI is InChI=1S/C23H21N3O2S2/c1-18-9-8-10-19(17-18)22-24-25-23(26(22)20-11-4-2-5-12-20)29-15-16-30(27,28)21-13-6-3-7-14-21/h2-14,17H,15-16H2,1H3. The average Bonchev–Trinajstić information content (AvgIpc) is 3.19. The van der Waals surface area contributed by atoms with Crippen molar-refractivity contribution in [3.63, 3.8) is 0 Å². The van der Waals surface area contributed by atoms with Gasteiger partial charge in [0.15, 0.2) is 20.8 Å². The van der Waals surface area contributed by atoms with Gasteiger partial charge in [-0.15, -0.1) is 10.2 Å². The van der Waals surface area contributed by atoms with Crippen LogP contribution in [0.25, 0.3) is 17.1 Å². The molecule has 5 nitrogen and oxygen atoms in total. The molecule has 0 fully saturated rings. The van der Waals surface area contributed by atoms with Crippen LogP contribution in [-0.4, -0.2) is 34.7 Å². The number of hydrogen-bond acceptors (Lipinski definition) is 5. The van der Waals surface area contributed by atoms with Gasteiger partial charge < -0.3 is 0 Å². The number of sulfone groups is 1. The maximum Gasteiger partial charge on any atom is 0.196 e. The van der Waals surface area contributed by atoms with E-state index in [1.165, 1.54) is 11.8 Å². The van der Waals surface area contributed by atoms with Crippen molar-refractivity contribution < 1.29 is 8.42 Å². The van der Waals surface area contributed by atoms with E-state index in [1.54, 1.807) is 24.3 Å². The quantitative estimate of drug-likeness (QED) is 0.390. The Hall–Kier alpha value is -2.90. The highest BCUT2D eigenvalue weighted by Crippen LogP contribution is 2.28. The van der Waals surface area contributed by atoms with Crippen LogP contribution in [0, 0.1) is 6.92 Å². The molecule has 0 atom stereocenters. The fraction of sp³-hybridized carbons (Fsp3) is 0.130. The van der Waals surface area contributed by atoms with E-state index < -0.39 is 9.84 Å². The van der Waals surface area contributed by atoms with Gasteiger partial charge in [0.1, 0.15) is 0 Å². The first-order valence-electron chi connectivity index (χ1n) is 9.53. The third-order valence-corrected chi connectivity index (χ3v) is 7.53.